The molecule has 3 atom stereocenters. The van der Waals surface area contributed by atoms with Crippen molar-refractivity contribution in [1.82, 2.24) is 5.32 Å². The van der Waals surface area contributed by atoms with E-state index in [1.807, 2.05) is 13.0 Å². The minimum absolute atomic E-state index is 0.0390. The second-order valence-corrected chi connectivity index (χ2v) is 8.14. The van der Waals surface area contributed by atoms with Crippen LogP contribution in [0.2, 0.25) is 0 Å². The predicted octanol–water partition coefficient (Wildman–Crippen LogP) is 3.97. The minimum atomic E-state index is -2.98. The molecule has 0 aliphatic heterocycles. The number of carboxylic acids is 1. The first-order chi connectivity index (χ1) is 13.3. The number of carboxylic acid groups (broad SMARTS) is 1. The molecule has 4 nitrogen and oxygen atoms in total. The summed E-state index contributed by atoms with van der Waals surface area (Å²) in [6.45, 7) is 2.01. The second-order valence-electron chi connectivity index (χ2n) is 8.14. The molecule has 2 aliphatic carbocycles. The number of hydrogen-bond donors (Lipinski definition) is 2. The SMILES string of the molecule is C[C@@]1(CC(NC=O)C(=O)O)CC1Cc1ccc2c(c1)-c1ccccc1C2(F)F. The van der Waals surface area contributed by atoms with E-state index in [-0.39, 0.29) is 22.5 Å². The number of rotatable bonds is 7. The topological polar surface area (TPSA) is 66.4 Å². The van der Waals surface area contributed by atoms with E-state index in [4.69, 9.17) is 0 Å². The molecular formula is C22H21F2NO3. The van der Waals surface area contributed by atoms with Gasteiger partial charge in [-0.3, -0.25) is 4.79 Å². The molecule has 2 aromatic carbocycles. The van der Waals surface area contributed by atoms with E-state index < -0.39 is 17.9 Å². The van der Waals surface area contributed by atoms with Crippen LogP contribution < -0.4 is 5.32 Å². The average molecular weight is 385 g/mol. The Kier molecular flexibility index (Phi) is 4.25. The standard InChI is InChI=1S/C22H21F2NO3/c1-21(11-19(20(27)28)25-12-26)10-14(21)8-13-6-7-18-16(9-13)15-4-2-3-5-17(15)22(18,23)24/h2-7,9,12,14,19H,8,10-11H2,1H3,(H,25,26)(H,27,28)/t14?,19?,21-/m0/s1. The summed E-state index contributed by atoms with van der Waals surface area (Å²) >= 11 is 0. The Morgan fingerprint density at radius 1 is 1.25 bits per heavy atom. The second kappa shape index (κ2) is 6.40. The number of alkyl halides is 2. The lowest BCUT2D eigenvalue weighted by Crippen LogP contribution is -2.37. The van der Waals surface area contributed by atoms with E-state index in [0.29, 0.717) is 30.4 Å². The van der Waals surface area contributed by atoms with Crippen LogP contribution in [0.25, 0.3) is 11.1 Å². The number of amides is 1. The van der Waals surface area contributed by atoms with Gasteiger partial charge in [0.25, 0.3) is 5.92 Å². The number of halogens is 2. The van der Waals surface area contributed by atoms with Gasteiger partial charge in [-0.1, -0.05) is 49.4 Å². The van der Waals surface area contributed by atoms with Gasteiger partial charge in [0.2, 0.25) is 6.41 Å². The molecular weight excluding hydrogens is 364 g/mol. The smallest absolute Gasteiger partial charge is 0.326 e. The summed E-state index contributed by atoms with van der Waals surface area (Å²) in [7, 11) is 0. The Labute approximate surface area is 161 Å². The Morgan fingerprint density at radius 3 is 2.68 bits per heavy atom. The van der Waals surface area contributed by atoms with Crippen molar-refractivity contribution in [3.05, 3.63) is 59.2 Å². The average Bonchev–Trinajstić information content (AvgIpc) is 3.22. The maximum atomic E-state index is 14.7. The molecule has 2 aromatic rings. The largest absolute Gasteiger partial charge is 0.480 e. The van der Waals surface area contributed by atoms with Crippen molar-refractivity contribution >= 4 is 12.4 Å². The minimum Gasteiger partial charge on any atom is -0.480 e. The number of benzene rings is 2. The molecule has 0 saturated heterocycles. The Bertz CT molecular complexity index is 959. The maximum absolute atomic E-state index is 14.7. The highest BCUT2D eigenvalue weighted by Gasteiger charge is 2.51. The molecule has 6 heteroatoms. The van der Waals surface area contributed by atoms with Gasteiger partial charge in [0, 0.05) is 11.1 Å². The number of nitrogens with one attached hydrogen (secondary N) is 1. The number of fused-ring (bicyclic) bond motifs is 3. The molecule has 0 bridgehead atoms. The molecule has 1 amide bonds. The summed E-state index contributed by atoms with van der Waals surface area (Å²) in [4.78, 5) is 21.9. The van der Waals surface area contributed by atoms with Crippen molar-refractivity contribution < 1.29 is 23.5 Å². The summed E-state index contributed by atoms with van der Waals surface area (Å²) in [5.74, 6) is -3.76. The van der Waals surface area contributed by atoms with E-state index in [0.717, 1.165) is 12.0 Å². The third-order valence-corrected chi connectivity index (χ3v) is 6.24. The van der Waals surface area contributed by atoms with Crippen LogP contribution in [0.4, 0.5) is 8.78 Å². The molecule has 146 valence electrons. The lowest BCUT2D eigenvalue weighted by atomic mass is 9.92. The quantitative estimate of drug-likeness (QED) is 0.709. The van der Waals surface area contributed by atoms with Crippen LogP contribution in [-0.2, 0) is 21.9 Å². The summed E-state index contributed by atoms with van der Waals surface area (Å²) in [5.41, 5.74) is 2.02. The van der Waals surface area contributed by atoms with Gasteiger partial charge in [-0.25, -0.2) is 4.79 Å². The van der Waals surface area contributed by atoms with Crippen LogP contribution in [0.5, 0.6) is 0 Å². The fourth-order valence-corrected chi connectivity index (χ4v) is 4.47. The van der Waals surface area contributed by atoms with Crippen LogP contribution in [-0.4, -0.2) is 23.5 Å². The van der Waals surface area contributed by atoms with Gasteiger partial charge in [-0.05, 0) is 47.3 Å². The summed E-state index contributed by atoms with van der Waals surface area (Å²) in [5, 5.41) is 11.6. The van der Waals surface area contributed by atoms with E-state index in [9.17, 15) is 23.5 Å². The Balaban J connectivity index is 1.53. The number of hydrogen-bond acceptors (Lipinski definition) is 2. The van der Waals surface area contributed by atoms with Gasteiger partial charge in [-0.15, -0.1) is 0 Å². The van der Waals surface area contributed by atoms with Crippen molar-refractivity contribution in [3.8, 4) is 11.1 Å². The molecule has 28 heavy (non-hydrogen) atoms. The molecule has 2 aliphatic rings. The third-order valence-electron chi connectivity index (χ3n) is 6.24. The molecule has 2 unspecified atom stereocenters. The molecule has 4 rings (SSSR count). The molecule has 0 aromatic heterocycles. The predicted molar refractivity (Wildman–Crippen MR) is 100 cm³/mol. The zero-order chi connectivity index (χ0) is 20.1. The lowest BCUT2D eigenvalue weighted by Gasteiger charge is -2.17. The van der Waals surface area contributed by atoms with Crippen LogP contribution in [0.15, 0.2) is 42.5 Å². The highest BCUT2D eigenvalue weighted by atomic mass is 19.3. The van der Waals surface area contributed by atoms with Crippen molar-refractivity contribution in [2.75, 3.05) is 0 Å². The molecule has 2 N–H and O–H groups in total. The van der Waals surface area contributed by atoms with Crippen LogP contribution in [0.1, 0.15) is 36.5 Å². The zero-order valence-corrected chi connectivity index (χ0v) is 15.4. The van der Waals surface area contributed by atoms with Crippen molar-refractivity contribution in [2.24, 2.45) is 11.3 Å². The van der Waals surface area contributed by atoms with Gasteiger partial charge in [0.05, 0.1) is 0 Å². The van der Waals surface area contributed by atoms with Crippen LogP contribution >= 0.6 is 0 Å². The van der Waals surface area contributed by atoms with Crippen molar-refractivity contribution in [2.45, 2.75) is 38.2 Å². The normalized spacial score (nSPS) is 24.8. The maximum Gasteiger partial charge on any atom is 0.326 e. The fraction of sp³-hybridized carbons (Fsp3) is 0.364. The lowest BCUT2D eigenvalue weighted by molar-refractivity contribution is -0.141. The number of aliphatic carboxylic acids is 1. The molecule has 1 fully saturated rings. The van der Waals surface area contributed by atoms with E-state index >= 15 is 0 Å². The van der Waals surface area contributed by atoms with Gasteiger partial charge in [0.15, 0.2) is 0 Å². The monoisotopic (exact) mass is 385 g/mol. The highest BCUT2D eigenvalue weighted by molar-refractivity contribution is 5.80. The summed E-state index contributed by atoms with van der Waals surface area (Å²) < 4.78 is 29.3. The van der Waals surface area contributed by atoms with Gasteiger partial charge < -0.3 is 10.4 Å². The fourth-order valence-electron chi connectivity index (χ4n) is 4.47. The van der Waals surface area contributed by atoms with E-state index in [1.54, 1.807) is 24.3 Å². The van der Waals surface area contributed by atoms with Crippen molar-refractivity contribution in [1.29, 1.82) is 0 Å². The van der Waals surface area contributed by atoms with Gasteiger partial charge in [0.1, 0.15) is 6.04 Å². The first-order valence-corrected chi connectivity index (χ1v) is 9.30. The molecule has 0 radical (unpaired) electrons. The first-order valence-electron chi connectivity index (χ1n) is 9.30. The molecule has 1 saturated carbocycles. The van der Waals surface area contributed by atoms with Crippen LogP contribution in [0.3, 0.4) is 0 Å². The number of carbonyl (C=O) groups is 2. The number of carbonyl (C=O) groups excluding carboxylic acids is 1. The highest BCUT2D eigenvalue weighted by Crippen LogP contribution is 2.57. The van der Waals surface area contributed by atoms with E-state index in [1.165, 1.54) is 12.1 Å². The summed E-state index contributed by atoms with van der Waals surface area (Å²) in [6.07, 6.45) is 2.32. The van der Waals surface area contributed by atoms with Gasteiger partial charge >= 0.3 is 5.97 Å². The Hall–Kier alpha value is -2.76. The van der Waals surface area contributed by atoms with Crippen molar-refractivity contribution in [3.63, 3.8) is 0 Å². The zero-order valence-electron chi connectivity index (χ0n) is 15.4. The Morgan fingerprint density at radius 2 is 1.96 bits per heavy atom. The summed E-state index contributed by atoms with van der Waals surface area (Å²) in [6, 6.07) is 10.8. The molecule has 0 spiro atoms. The van der Waals surface area contributed by atoms with E-state index in [2.05, 4.69) is 5.32 Å². The molecule has 0 heterocycles. The third kappa shape index (κ3) is 2.97. The van der Waals surface area contributed by atoms with Crippen LogP contribution in [0, 0.1) is 11.3 Å². The van der Waals surface area contributed by atoms with Gasteiger partial charge in [-0.2, -0.15) is 8.78 Å². The first kappa shape index (κ1) is 18.6.